The lowest BCUT2D eigenvalue weighted by molar-refractivity contribution is -0.275. The average Bonchev–Trinajstić information content (AvgIpc) is 2.59. The van der Waals surface area contributed by atoms with E-state index in [1.54, 1.807) is 0 Å². The van der Waals surface area contributed by atoms with Gasteiger partial charge in [0.15, 0.2) is 0 Å². The van der Waals surface area contributed by atoms with Gasteiger partial charge in [0.1, 0.15) is 10.6 Å². The molecular formula is C15H19F3N2O5S2. The van der Waals surface area contributed by atoms with E-state index >= 15 is 0 Å². The summed E-state index contributed by atoms with van der Waals surface area (Å²) in [7, 11) is -7.90. The summed E-state index contributed by atoms with van der Waals surface area (Å²) in [5.41, 5.74) is 0. The minimum Gasteiger partial charge on any atom is -0.404 e. The maximum absolute atomic E-state index is 12.8. The number of rotatable bonds is 7. The van der Waals surface area contributed by atoms with E-state index in [0.717, 1.165) is 21.8 Å². The van der Waals surface area contributed by atoms with Crippen molar-refractivity contribution in [1.82, 2.24) is 9.03 Å². The molecule has 1 aromatic carbocycles. The van der Waals surface area contributed by atoms with E-state index in [4.69, 9.17) is 0 Å². The summed E-state index contributed by atoms with van der Waals surface area (Å²) in [5.74, 6) is -1.13. The zero-order chi connectivity index (χ0) is 20.3. The second-order valence-electron chi connectivity index (χ2n) is 5.93. The average molecular weight is 428 g/mol. The molecule has 1 heterocycles. The highest BCUT2D eigenvalue weighted by atomic mass is 32.2. The normalized spacial score (nSPS) is 19.6. The smallest absolute Gasteiger partial charge is 0.404 e. The van der Waals surface area contributed by atoms with Crippen LogP contribution in [0.15, 0.2) is 41.1 Å². The SMILES string of the molecule is C=CS(=O)(=O)NC[C@H]1CCCN(S(=O)(=O)c2ccccc2OC(F)(F)F)C1. The van der Waals surface area contributed by atoms with Gasteiger partial charge in [-0.25, -0.2) is 21.6 Å². The number of benzene rings is 1. The first-order valence-electron chi connectivity index (χ1n) is 7.91. The van der Waals surface area contributed by atoms with Crippen molar-refractivity contribution in [2.75, 3.05) is 19.6 Å². The number of halogens is 3. The standard InChI is InChI=1S/C15H19F3N2O5S2/c1-2-26(21,22)19-10-12-6-5-9-20(11-12)27(23,24)14-8-4-3-7-13(14)25-15(16,17)18/h2-4,7-8,12,19H,1,5-6,9-11H2/t12-/m1/s1. The number of sulfonamides is 2. The summed E-state index contributed by atoms with van der Waals surface area (Å²) in [6.07, 6.45) is -4.01. The third kappa shape index (κ3) is 5.92. The van der Waals surface area contributed by atoms with Crippen LogP contribution in [0.5, 0.6) is 5.75 Å². The topological polar surface area (TPSA) is 92.8 Å². The third-order valence-corrected chi connectivity index (χ3v) is 6.88. The van der Waals surface area contributed by atoms with Crippen LogP contribution in [0.1, 0.15) is 12.8 Å². The van der Waals surface area contributed by atoms with Crippen LogP contribution >= 0.6 is 0 Å². The van der Waals surface area contributed by atoms with Gasteiger partial charge < -0.3 is 4.74 Å². The Morgan fingerprint density at radius 3 is 2.56 bits per heavy atom. The molecule has 0 amide bonds. The summed E-state index contributed by atoms with van der Waals surface area (Å²) in [6, 6.07) is 4.51. The van der Waals surface area contributed by atoms with Crippen LogP contribution in [0.4, 0.5) is 13.2 Å². The number of nitrogens with one attached hydrogen (secondary N) is 1. The van der Waals surface area contributed by atoms with Crippen molar-refractivity contribution in [2.24, 2.45) is 5.92 Å². The number of nitrogens with zero attached hydrogens (tertiary/aromatic N) is 1. The molecule has 0 unspecified atom stereocenters. The maximum Gasteiger partial charge on any atom is 0.573 e. The molecule has 7 nitrogen and oxygen atoms in total. The van der Waals surface area contributed by atoms with Crippen LogP contribution in [0.25, 0.3) is 0 Å². The van der Waals surface area contributed by atoms with Crippen molar-refractivity contribution in [3.63, 3.8) is 0 Å². The fraction of sp³-hybridized carbons (Fsp3) is 0.467. The van der Waals surface area contributed by atoms with Crippen molar-refractivity contribution in [3.05, 3.63) is 36.3 Å². The van der Waals surface area contributed by atoms with Gasteiger partial charge in [-0.3, -0.25) is 0 Å². The van der Waals surface area contributed by atoms with E-state index in [2.05, 4.69) is 16.0 Å². The van der Waals surface area contributed by atoms with Crippen LogP contribution in [-0.4, -0.2) is 47.1 Å². The molecule has 0 aliphatic carbocycles. The first-order valence-corrected chi connectivity index (χ1v) is 10.9. The van der Waals surface area contributed by atoms with Gasteiger partial charge in [-0.15, -0.1) is 13.2 Å². The number of hydrogen-bond donors (Lipinski definition) is 1. The van der Waals surface area contributed by atoms with Gasteiger partial charge in [0.25, 0.3) is 0 Å². The molecule has 1 aliphatic heterocycles. The van der Waals surface area contributed by atoms with Crippen LogP contribution in [0, 0.1) is 5.92 Å². The van der Waals surface area contributed by atoms with E-state index in [9.17, 15) is 30.0 Å². The van der Waals surface area contributed by atoms with Crippen LogP contribution in [-0.2, 0) is 20.0 Å². The number of ether oxygens (including phenoxy) is 1. The fourth-order valence-corrected chi connectivity index (χ4v) is 4.97. The Kier molecular flexibility index (Phi) is 6.55. The van der Waals surface area contributed by atoms with Gasteiger partial charge in [0.2, 0.25) is 20.0 Å². The summed E-state index contributed by atoms with van der Waals surface area (Å²) in [4.78, 5) is -0.588. The molecule has 12 heteroatoms. The summed E-state index contributed by atoms with van der Waals surface area (Å²) in [5, 5.41) is 0.745. The Hall–Kier alpha value is -1.63. The Bertz CT molecular complexity index is 885. The Morgan fingerprint density at radius 1 is 1.26 bits per heavy atom. The second-order valence-corrected chi connectivity index (χ2v) is 9.54. The van der Waals surface area contributed by atoms with E-state index in [0.29, 0.717) is 12.8 Å². The largest absolute Gasteiger partial charge is 0.573 e. The van der Waals surface area contributed by atoms with Crippen LogP contribution in [0.3, 0.4) is 0 Å². The number of piperidine rings is 1. The monoisotopic (exact) mass is 428 g/mol. The lowest BCUT2D eigenvalue weighted by Crippen LogP contribution is -2.43. The van der Waals surface area contributed by atoms with Gasteiger partial charge in [-0.05, 0) is 30.9 Å². The quantitative estimate of drug-likeness (QED) is 0.718. The van der Waals surface area contributed by atoms with Crippen molar-refractivity contribution in [1.29, 1.82) is 0 Å². The van der Waals surface area contributed by atoms with Gasteiger partial charge in [-0.1, -0.05) is 18.7 Å². The zero-order valence-electron chi connectivity index (χ0n) is 14.1. The number of alkyl halides is 3. The van der Waals surface area contributed by atoms with E-state index < -0.39 is 37.1 Å². The molecule has 1 aromatic rings. The van der Waals surface area contributed by atoms with Crippen molar-refractivity contribution in [3.8, 4) is 5.75 Å². The lowest BCUT2D eigenvalue weighted by Gasteiger charge is -2.32. The van der Waals surface area contributed by atoms with E-state index in [1.165, 1.54) is 12.1 Å². The fourth-order valence-electron chi connectivity index (χ4n) is 2.72. The molecule has 1 fully saturated rings. The highest BCUT2D eigenvalue weighted by Crippen LogP contribution is 2.32. The van der Waals surface area contributed by atoms with Gasteiger partial charge in [0.05, 0.1) is 0 Å². The molecule has 0 aromatic heterocycles. The highest BCUT2D eigenvalue weighted by Gasteiger charge is 2.37. The molecule has 1 atom stereocenters. The van der Waals surface area contributed by atoms with Crippen molar-refractivity contribution >= 4 is 20.0 Å². The Labute approximate surface area is 155 Å². The van der Waals surface area contributed by atoms with Gasteiger partial charge in [-0.2, -0.15) is 4.31 Å². The molecule has 0 radical (unpaired) electrons. The lowest BCUT2D eigenvalue weighted by atomic mass is 10.0. The summed E-state index contributed by atoms with van der Waals surface area (Å²) in [6.45, 7) is 3.26. The zero-order valence-corrected chi connectivity index (χ0v) is 15.8. The molecular weight excluding hydrogens is 409 g/mol. The molecule has 0 bridgehead atoms. The first kappa shape index (κ1) is 21.7. The predicted molar refractivity (Wildman–Crippen MR) is 91.7 cm³/mol. The van der Waals surface area contributed by atoms with Crippen LogP contribution < -0.4 is 9.46 Å². The van der Waals surface area contributed by atoms with Crippen LogP contribution in [0.2, 0.25) is 0 Å². The summed E-state index contributed by atoms with van der Waals surface area (Å²) < 4.78 is 93.3. The summed E-state index contributed by atoms with van der Waals surface area (Å²) >= 11 is 0. The molecule has 1 aliphatic rings. The molecule has 2 rings (SSSR count). The number of para-hydroxylation sites is 1. The van der Waals surface area contributed by atoms with E-state index in [-0.39, 0.29) is 25.6 Å². The van der Waals surface area contributed by atoms with Crippen molar-refractivity contribution < 1.29 is 34.7 Å². The minimum atomic E-state index is -5.03. The molecule has 152 valence electrons. The maximum atomic E-state index is 12.8. The van der Waals surface area contributed by atoms with Crippen molar-refractivity contribution in [2.45, 2.75) is 24.1 Å². The Morgan fingerprint density at radius 2 is 1.93 bits per heavy atom. The van der Waals surface area contributed by atoms with Gasteiger partial charge >= 0.3 is 6.36 Å². The third-order valence-electron chi connectivity index (χ3n) is 3.97. The number of hydrogen-bond acceptors (Lipinski definition) is 5. The first-order chi connectivity index (χ1) is 12.4. The predicted octanol–water partition coefficient (Wildman–Crippen LogP) is 2.05. The molecule has 27 heavy (non-hydrogen) atoms. The van der Waals surface area contributed by atoms with E-state index in [1.807, 2.05) is 0 Å². The second kappa shape index (κ2) is 8.17. The molecule has 1 saturated heterocycles. The molecule has 0 spiro atoms. The molecule has 0 saturated carbocycles. The van der Waals surface area contributed by atoms with Gasteiger partial charge in [0, 0.05) is 25.0 Å². The Balaban J connectivity index is 2.20. The molecule has 1 N–H and O–H groups in total. The minimum absolute atomic E-state index is 0.00106. The highest BCUT2D eigenvalue weighted by molar-refractivity contribution is 7.92.